The van der Waals surface area contributed by atoms with Crippen LogP contribution in [0.25, 0.3) is 11.4 Å². The van der Waals surface area contributed by atoms with Crippen molar-refractivity contribution in [2.75, 3.05) is 65.2 Å². The van der Waals surface area contributed by atoms with E-state index < -0.39 is 5.97 Å². The Kier molecular flexibility index (Phi) is 19.5. The van der Waals surface area contributed by atoms with Crippen LogP contribution in [-0.4, -0.2) is 109 Å². The zero-order valence-electron chi connectivity index (χ0n) is 28.6. The molecule has 13 nitrogen and oxygen atoms in total. The number of aromatic carboxylic acids is 1. The number of imidazole rings is 1. The zero-order chi connectivity index (χ0) is 36.7. The van der Waals surface area contributed by atoms with E-state index >= 15 is 0 Å². The molecule has 0 saturated carbocycles. The number of carboxylic acids is 1. The van der Waals surface area contributed by atoms with E-state index in [4.69, 9.17) is 46.9 Å². The first-order chi connectivity index (χ1) is 24.9. The highest BCUT2D eigenvalue weighted by Gasteiger charge is 2.24. The van der Waals surface area contributed by atoms with Crippen molar-refractivity contribution in [3.63, 3.8) is 0 Å². The third-order valence-electron chi connectivity index (χ3n) is 7.32. The first kappa shape index (κ1) is 41.3. The average molecular weight is 751 g/mol. The van der Waals surface area contributed by atoms with Gasteiger partial charge in [-0.3, -0.25) is 9.79 Å². The lowest BCUT2D eigenvalue weighted by Gasteiger charge is -2.07. The van der Waals surface area contributed by atoms with E-state index in [1.165, 1.54) is 0 Å². The lowest BCUT2D eigenvalue weighted by molar-refractivity contribution is -0.132. The van der Waals surface area contributed by atoms with Crippen molar-refractivity contribution in [1.82, 2.24) is 9.55 Å². The van der Waals surface area contributed by atoms with Crippen LogP contribution in [0.15, 0.2) is 70.6 Å². The van der Waals surface area contributed by atoms with E-state index in [1.807, 2.05) is 65.2 Å². The highest BCUT2D eigenvalue weighted by atomic mass is 35.5. The number of fused-ring (bicyclic) bond motifs is 1. The van der Waals surface area contributed by atoms with E-state index in [1.54, 1.807) is 7.11 Å². The number of rotatable bonds is 3. The molecule has 1 fully saturated rings. The Labute approximate surface area is 309 Å². The van der Waals surface area contributed by atoms with Gasteiger partial charge in [0, 0.05) is 51.4 Å². The summed E-state index contributed by atoms with van der Waals surface area (Å²) in [6.45, 7) is 5.53. The van der Waals surface area contributed by atoms with Gasteiger partial charge in [0.2, 0.25) is 5.90 Å². The van der Waals surface area contributed by atoms with Crippen LogP contribution < -0.4 is 0 Å². The Morgan fingerprint density at radius 2 is 1.47 bits per heavy atom. The summed E-state index contributed by atoms with van der Waals surface area (Å²) in [6, 6.07) is 19.0. The largest absolute Gasteiger partial charge is 0.484 e. The van der Waals surface area contributed by atoms with Crippen molar-refractivity contribution in [3.05, 3.63) is 77.6 Å². The fourth-order valence-electron chi connectivity index (χ4n) is 4.95. The van der Waals surface area contributed by atoms with Crippen LogP contribution in [0.3, 0.4) is 0 Å². The molecule has 0 atom stereocenters. The first-order valence-corrected chi connectivity index (χ1v) is 17.6. The van der Waals surface area contributed by atoms with Crippen LogP contribution in [-0.2, 0) is 46.2 Å². The van der Waals surface area contributed by atoms with Gasteiger partial charge in [-0.15, -0.1) is 23.2 Å². The summed E-state index contributed by atoms with van der Waals surface area (Å²) in [5.41, 5.74) is 2.68. The van der Waals surface area contributed by atoms with Gasteiger partial charge in [-0.25, -0.2) is 19.6 Å². The van der Waals surface area contributed by atoms with Crippen molar-refractivity contribution in [2.45, 2.75) is 38.6 Å². The number of hydrogen-bond acceptors (Lipinski definition) is 11. The number of aliphatic imine (C=N–C) groups is 2. The van der Waals surface area contributed by atoms with Crippen molar-refractivity contribution in [2.24, 2.45) is 9.98 Å². The summed E-state index contributed by atoms with van der Waals surface area (Å²) >= 11 is 9.53. The SMILES string of the molecule is COC1=NCCOCC1.ClCCl.O=C(O)c1nc(-c2ccccc2)n2c1CCOCC2.O=C1CCCOCC1.O=C1CN=C(c2ccccc2)O1.[2HH]. The minimum atomic E-state index is -0.979. The first-order valence-electron chi connectivity index (χ1n) is 16.5. The monoisotopic (exact) mass is 749 g/mol. The van der Waals surface area contributed by atoms with Gasteiger partial charge in [-0.1, -0.05) is 48.5 Å². The molecule has 0 amide bonds. The topological polar surface area (TPSA) is 160 Å². The number of halogens is 2. The fraction of sp³-hybridized carbons (Fsp3) is 0.444. The van der Waals surface area contributed by atoms with E-state index in [0.717, 1.165) is 68.3 Å². The molecule has 15 heteroatoms. The number of Topliss-reactive ketones (excluding diaryl/α,β-unsaturated/α-hetero) is 1. The summed E-state index contributed by atoms with van der Waals surface area (Å²) in [5, 5.41) is 9.47. The number of ether oxygens (including phenoxy) is 5. The number of ketones is 1. The predicted molar refractivity (Wildman–Crippen MR) is 196 cm³/mol. The average Bonchev–Trinajstić information content (AvgIpc) is 3.39. The van der Waals surface area contributed by atoms with Crippen LogP contribution in [0.4, 0.5) is 0 Å². The second-order valence-corrected chi connectivity index (χ2v) is 11.6. The lowest BCUT2D eigenvalue weighted by Crippen LogP contribution is -2.07. The third-order valence-corrected chi connectivity index (χ3v) is 7.32. The molecule has 0 spiro atoms. The standard InChI is InChI=1S/C14H14N2O3.C9H7NO2.C6H11NO2.C6H10O2.CH2Cl2.H2/c17-14(18)12-11-6-8-19-9-7-16(11)13(15-12)10-4-2-1-3-5-10;11-8-6-10-9(12-8)7-4-2-1-3-5-7;1-8-6-2-4-9-5-3-7-6;7-6-2-1-4-8-5-3-6;2-1-3;/h1-5H,6-9H2,(H,17,18);1-5H,6H2;2-5H2,1H3;1-5H2;1H2;1H/i;;;;;1+1. The maximum atomic E-state index is 11.3. The Morgan fingerprint density at radius 3 is 2.12 bits per heavy atom. The van der Waals surface area contributed by atoms with Gasteiger partial charge >= 0.3 is 11.9 Å². The van der Waals surface area contributed by atoms with Gasteiger partial charge in [0.1, 0.15) is 18.2 Å². The zero-order valence-corrected chi connectivity index (χ0v) is 30.1. The van der Waals surface area contributed by atoms with Crippen molar-refractivity contribution in [3.8, 4) is 11.4 Å². The van der Waals surface area contributed by atoms with Crippen LogP contribution in [0.2, 0.25) is 0 Å². The van der Waals surface area contributed by atoms with Crippen LogP contribution in [0.1, 0.15) is 48.9 Å². The molecular formula is C36H46Cl2N4O9. The van der Waals surface area contributed by atoms with E-state index in [0.29, 0.717) is 56.7 Å². The molecule has 7 rings (SSSR count). The second kappa shape index (κ2) is 24.1. The van der Waals surface area contributed by atoms with E-state index in [9.17, 15) is 19.5 Å². The Hall–Kier alpha value is -4.14. The van der Waals surface area contributed by atoms with E-state index in [-0.39, 0.29) is 25.0 Å². The number of alkyl halides is 2. The number of carboxylic acid groups (broad SMARTS) is 1. The molecule has 278 valence electrons. The Balaban J connectivity index is 0.000000246. The molecule has 4 aliphatic rings. The molecule has 0 aliphatic carbocycles. The van der Waals surface area contributed by atoms with Gasteiger partial charge in [0.05, 0.1) is 57.7 Å². The number of aromatic nitrogens is 2. The highest BCUT2D eigenvalue weighted by Crippen LogP contribution is 2.24. The minimum Gasteiger partial charge on any atom is -0.484 e. The summed E-state index contributed by atoms with van der Waals surface area (Å²) in [4.78, 5) is 45.0. The molecule has 51 heavy (non-hydrogen) atoms. The van der Waals surface area contributed by atoms with Crippen LogP contribution >= 0.6 is 23.2 Å². The maximum Gasteiger partial charge on any atom is 0.356 e. The normalized spacial score (nSPS) is 16.7. The smallest absolute Gasteiger partial charge is 0.356 e. The predicted octanol–water partition coefficient (Wildman–Crippen LogP) is 5.69. The van der Waals surface area contributed by atoms with Gasteiger partial charge in [-0.05, 0) is 18.6 Å². The van der Waals surface area contributed by atoms with Gasteiger partial charge in [0.25, 0.3) is 0 Å². The number of carbonyl (C=O) groups is 3. The van der Waals surface area contributed by atoms with Gasteiger partial charge < -0.3 is 33.4 Å². The summed E-state index contributed by atoms with van der Waals surface area (Å²) in [5.74, 6) is 1.04. The lowest BCUT2D eigenvalue weighted by atomic mass is 10.2. The number of nitrogens with zero attached hydrogens (tertiary/aromatic N) is 4. The number of benzene rings is 2. The number of hydrogen-bond donors (Lipinski definition) is 1. The number of methoxy groups -OCH3 is 1. The Morgan fingerprint density at radius 1 is 0.843 bits per heavy atom. The Bertz CT molecular complexity index is 1560. The molecule has 0 bridgehead atoms. The van der Waals surface area contributed by atoms with Gasteiger partial charge in [-0.2, -0.15) is 0 Å². The van der Waals surface area contributed by atoms with Crippen molar-refractivity contribution < 1.29 is 44.6 Å². The summed E-state index contributed by atoms with van der Waals surface area (Å²) in [7, 11) is 1.64. The molecule has 2 aromatic carbocycles. The fourth-order valence-corrected chi connectivity index (χ4v) is 4.95. The van der Waals surface area contributed by atoms with Crippen molar-refractivity contribution in [1.29, 1.82) is 0 Å². The molecule has 1 saturated heterocycles. The van der Waals surface area contributed by atoms with E-state index in [2.05, 4.69) is 15.0 Å². The van der Waals surface area contributed by atoms with Crippen LogP contribution in [0, 0.1) is 0 Å². The molecule has 1 aromatic heterocycles. The molecular weight excluding hydrogens is 703 g/mol. The molecule has 0 unspecified atom stereocenters. The summed E-state index contributed by atoms with van der Waals surface area (Å²) in [6.07, 6.45) is 3.66. The third kappa shape index (κ3) is 14.9. The second-order valence-electron chi connectivity index (χ2n) is 10.8. The maximum absolute atomic E-state index is 11.3. The highest BCUT2D eigenvalue weighted by molar-refractivity contribution is 6.40. The van der Waals surface area contributed by atoms with Gasteiger partial charge in [0.15, 0.2) is 11.6 Å². The molecule has 3 aromatic rings. The molecule has 0 radical (unpaired) electrons. The van der Waals surface area contributed by atoms with Crippen LogP contribution in [0.5, 0.6) is 0 Å². The quantitative estimate of drug-likeness (QED) is 0.261. The number of esters is 1. The number of cyclic esters (lactones) is 1. The molecule has 1 N–H and O–H groups in total. The number of carbonyl (C=O) groups excluding carboxylic acids is 2. The molecule has 4 aliphatic heterocycles. The summed E-state index contributed by atoms with van der Waals surface area (Å²) < 4.78 is 27.4. The minimum absolute atomic E-state index is 0. The van der Waals surface area contributed by atoms with Crippen molar-refractivity contribution >= 4 is 52.7 Å². The molecule has 5 heterocycles.